The molecule has 2 atom stereocenters. The van der Waals surface area contributed by atoms with Crippen molar-refractivity contribution in [3.63, 3.8) is 0 Å². The summed E-state index contributed by atoms with van der Waals surface area (Å²) in [5, 5.41) is 2.89. The number of rotatable bonds is 6. The number of amides is 1. The van der Waals surface area contributed by atoms with Crippen molar-refractivity contribution >= 4 is 33.2 Å². The summed E-state index contributed by atoms with van der Waals surface area (Å²) in [6.45, 7) is 3.90. The first-order chi connectivity index (χ1) is 16.9. The van der Waals surface area contributed by atoms with Crippen molar-refractivity contribution in [2.24, 2.45) is 5.92 Å². The Morgan fingerprint density at radius 3 is 2.57 bits per heavy atom. The topological polar surface area (TPSA) is 113 Å². The molecule has 3 aliphatic rings. The molecule has 0 bridgehead atoms. The van der Waals surface area contributed by atoms with Crippen molar-refractivity contribution in [2.75, 3.05) is 36.0 Å². The molecule has 3 fully saturated rings. The minimum atomic E-state index is -2.42. The number of benzene rings is 1. The predicted molar refractivity (Wildman–Crippen MR) is 137 cm³/mol. The molecule has 4 heterocycles. The van der Waals surface area contributed by atoms with E-state index in [1.54, 1.807) is 0 Å². The van der Waals surface area contributed by atoms with Crippen LogP contribution in [0.5, 0.6) is 5.88 Å². The second-order valence-corrected chi connectivity index (χ2v) is 12.3. The molecular formula is C25H31N5O4S. The molecule has 0 spiro atoms. The molecule has 186 valence electrons. The van der Waals surface area contributed by atoms with Crippen molar-refractivity contribution in [3.05, 3.63) is 36.7 Å². The lowest BCUT2D eigenvalue weighted by molar-refractivity contribution is -0.119. The Kier molecular flexibility index (Phi) is 5.62. The number of hydrogen-bond donors (Lipinski definition) is 3. The molecule has 9 nitrogen and oxygen atoms in total. The van der Waals surface area contributed by atoms with Gasteiger partial charge >= 0.3 is 0 Å². The summed E-state index contributed by atoms with van der Waals surface area (Å²) < 4.78 is 28.4. The SMILES string of the molecule is C[C@@H](Oc1nc(-c2ccc(N3CCS(O)(O)CC3)cc2)cc2ncn(C3CC3)c12)[C@H]1CNC(=O)C1. The Morgan fingerprint density at radius 1 is 1.17 bits per heavy atom. The van der Waals surface area contributed by atoms with Crippen LogP contribution in [0.4, 0.5) is 5.69 Å². The number of nitrogens with zero attached hydrogens (tertiary/aromatic N) is 4. The third kappa shape index (κ3) is 4.57. The van der Waals surface area contributed by atoms with Crippen LogP contribution in [0.3, 0.4) is 0 Å². The molecule has 2 aromatic heterocycles. The van der Waals surface area contributed by atoms with E-state index in [0.29, 0.717) is 49.5 Å². The Hall–Kier alpha value is -2.82. The maximum absolute atomic E-state index is 11.7. The minimum Gasteiger partial charge on any atom is -0.473 e. The van der Waals surface area contributed by atoms with E-state index in [4.69, 9.17) is 9.72 Å². The number of fused-ring (bicyclic) bond motifs is 1. The average Bonchev–Trinajstić information content (AvgIpc) is 3.44. The summed E-state index contributed by atoms with van der Waals surface area (Å²) in [7, 11) is -2.42. The molecule has 2 saturated heterocycles. The predicted octanol–water partition coefficient (Wildman–Crippen LogP) is 3.91. The zero-order valence-corrected chi connectivity index (χ0v) is 20.6. The summed E-state index contributed by atoms with van der Waals surface area (Å²) in [6, 6.07) is 10.7. The van der Waals surface area contributed by atoms with Gasteiger partial charge in [0.15, 0.2) is 0 Å². The van der Waals surface area contributed by atoms with Crippen LogP contribution in [0.2, 0.25) is 0 Å². The van der Waals surface area contributed by atoms with E-state index in [1.807, 2.05) is 31.5 Å². The van der Waals surface area contributed by atoms with Crippen LogP contribution in [0, 0.1) is 5.92 Å². The number of hydrogen-bond acceptors (Lipinski definition) is 7. The zero-order chi connectivity index (χ0) is 24.2. The van der Waals surface area contributed by atoms with Crippen LogP contribution in [0.15, 0.2) is 36.7 Å². The summed E-state index contributed by atoms with van der Waals surface area (Å²) in [5.41, 5.74) is 4.60. The maximum atomic E-state index is 11.7. The molecule has 0 radical (unpaired) electrons. The van der Waals surface area contributed by atoms with Crippen molar-refractivity contribution < 1.29 is 18.6 Å². The van der Waals surface area contributed by atoms with Gasteiger partial charge in [0.1, 0.15) is 11.6 Å². The van der Waals surface area contributed by atoms with Gasteiger partial charge in [0, 0.05) is 49.3 Å². The molecule has 1 amide bonds. The minimum absolute atomic E-state index is 0.0687. The molecule has 1 saturated carbocycles. The van der Waals surface area contributed by atoms with Crippen LogP contribution < -0.4 is 15.0 Å². The number of carbonyl (C=O) groups is 1. The highest BCUT2D eigenvalue weighted by molar-refractivity contribution is 8.24. The number of imidazole rings is 1. The number of anilines is 1. The first-order valence-electron chi connectivity index (χ1n) is 12.3. The number of nitrogens with one attached hydrogen (secondary N) is 1. The van der Waals surface area contributed by atoms with Gasteiger partial charge in [-0.25, -0.2) is 9.97 Å². The lowest BCUT2D eigenvalue weighted by Crippen LogP contribution is -2.38. The van der Waals surface area contributed by atoms with Gasteiger partial charge in [0.05, 0.1) is 29.0 Å². The summed E-state index contributed by atoms with van der Waals surface area (Å²) in [5.74, 6) is 1.58. The summed E-state index contributed by atoms with van der Waals surface area (Å²) in [6.07, 6.45) is 4.47. The van der Waals surface area contributed by atoms with Gasteiger partial charge in [-0.05, 0) is 38.0 Å². The maximum Gasteiger partial charge on any atom is 0.241 e. The van der Waals surface area contributed by atoms with E-state index in [9.17, 15) is 13.9 Å². The molecule has 1 aromatic carbocycles. The molecule has 0 unspecified atom stereocenters. The largest absolute Gasteiger partial charge is 0.473 e. The van der Waals surface area contributed by atoms with Crippen molar-refractivity contribution in [1.29, 1.82) is 0 Å². The first-order valence-corrected chi connectivity index (χ1v) is 14.1. The third-order valence-corrected chi connectivity index (χ3v) is 9.01. The summed E-state index contributed by atoms with van der Waals surface area (Å²) in [4.78, 5) is 23.5. The van der Waals surface area contributed by atoms with Gasteiger partial charge in [-0.3, -0.25) is 13.9 Å². The highest BCUT2D eigenvalue weighted by Crippen LogP contribution is 2.42. The van der Waals surface area contributed by atoms with E-state index >= 15 is 0 Å². The quantitative estimate of drug-likeness (QED) is 0.473. The van der Waals surface area contributed by atoms with Gasteiger partial charge in [0.25, 0.3) is 0 Å². The number of pyridine rings is 1. The molecule has 2 aliphatic heterocycles. The Morgan fingerprint density at radius 2 is 1.91 bits per heavy atom. The fourth-order valence-electron chi connectivity index (χ4n) is 4.94. The zero-order valence-electron chi connectivity index (χ0n) is 19.8. The molecular weight excluding hydrogens is 466 g/mol. The van der Waals surface area contributed by atoms with Crippen molar-refractivity contribution in [3.8, 4) is 17.1 Å². The number of carbonyl (C=O) groups excluding carboxylic acids is 1. The normalized spacial score (nSPS) is 23.8. The van der Waals surface area contributed by atoms with Gasteiger partial charge < -0.3 is 19.5 Å². The standard InChI is InChI=1S/C25H31N5O4S/c1-16(18-12-23(31)26-14-18)34-25-24-22(27-15-30(24)20-6-7-20)13-21(28-25)17-2-4-19(5-3-17)29-8-10-35(32,33)11-9-29/h2-5,13,15-16,18,20,32-33H,6-12,14H2,1H3,(H,26,31)/t16-,18-/m1/s1. The van der Waals surface area contributed by atoms with Gasteiger partial charge in [-0.1, -0.05) is 12.1 Å². The van der Waals surface area contributed by atoms with Crippen molar-refractivity contribution in [2.45, 2.75) is 38.3 Å². The van der Waals surface area contributed by atoms with E-state index < -0.39 is 10.6 Å². The van der Waals surface area contributed by atoms with E-state index in [0.717, 1.165) is 40.8 Å². The first kappa shape index (κ1) is 22.6. The molecule has 35 heavy (non-hydrogen) atoms. The van der Waals surface area contributed by atoms with Gasteiger partial charge in [-0.2, -0.15) is 10.6 Å². The third-order valence-electron chi connectivity index (χ3n) is 7.34. The monoisotopic (exact) mass is 497 g/mol. The Bertz CT molecular complexity index is 1250. The van der Waals surface area contributed by atoms with Crippen LogP contribution >= 0.6 is 10.6 Å². The highest BCUT2D eigenvalue weighted by Gasteiger charge is 2.31. The second kappa shape index (κ2) is 8.69. The van der Waals surface area contributed by atoms with Crippen LogP contribution in [-0.2, 0) is 4.79 Å². The van der Waals surface area contributed by atoms with E-state index in [2.05, 4.69) is 31.9 Å². The molecule has 10 heteroatoms. The second-order valence-electron chi connectivity index (χ2n) is 9.90. The van der Waals surface area contributed by atoms with Crippen LogP contribution in [0.1, 0.15) is 32.2 Å². The van der Waals surface area contributed by atoms with Gasteiger partial charge in [-0.15, -0.1) is 0 Å². The van der Waals surface area contributed by atoms with E-state index in [-0.39, 0.29) is 17.9 Å². The molecule has 1 aliphatic carbocycles. The highest BCUT2D eigenvalue weighted by atomic mass is 32.3. The van der Waals surface area contributed by atoms with E-state index in [1.165, 1.54) is 0 Å². The Labute approximate surface area is 205 Å². The number of ether oxygens (including phenoxy) is 1. The molecule has 3 aromatic rings. The molecule has 6 rings (SSSR count). The fraction of sp³-hybridized carbons (Fsp3) is 0.480. The Balaban J connectivity index is 1.30. The van der Waals surface area contributed by atoms with Crippen LogP contribution in [-0.4, -0.2) is 66.8 Å². The summed E-state index contributed by atoms with van der Waals surface area (Å²) >= 11 is 0. The fourth-order valence-corrected chi connectivity index (χ4v) is 6.17. The lowest BCUT2D eigenvalue weighted by atomic mass is 10.0. The smallest absolute Gasteiger partial charge is 0.241 e. The van der Waals surface area contributed by atoms with Crippen molar-refractivity contribution in [1.82, 2.24) is 19.9 Å². The van der Waals surface area contributed by atoms with Gasteiger partial charge in [0.2, 0.25) is 11.8 Å². The molecule has 3 N–H and O–H groups in total. The van der Waals surface area contributed by atoms with Crippen LogP contribution in [0.25, 0.3) is 22.3 Å². The average molecular weight is 498 g/mol. The lowest BCUT2D eigenvalue weighted by Gasteiger charge is -2.41. The number of aromatic nitrogens is 3.